The van der Waals surface area contributed by atoms with Crippen LogP contribution in [0.1, 0.15) is 41.8 Å². The van der Waals surface area contributed by atoms with Gasteiger partial charge in [0.2, 0.25) is 5.91 Å². The molecule has 8 heteroatoms. The van der Waals surface area contributed by atoms with Gasteiger partial charge < -0.3 is 19.4 Å². The van der Waals surface area contributed by atoms with Crippen molar-refractivity contribution in [3.05, 3.63) is 46.7 Å². The number of anilines is 1. The second-order valence-corrected chi connectivity index (χ2v) is 9.90. The van der Waals surface area contributed by atoms with E-state index in [0.717, 1.165) is 42.9 Å². The van der Waals surface area contributed by atoms with E-state index in [4.69, 9.17) is 4.74 Å². The number of para-hydroxylation sites is 2. The van der Waals surface area contributed by atoms with Crippen LogP contribution in [0.2, 0.25) is 0 Å². The summed E-state index contributed by atoms with van der Waals surface area (Å²) in [5, 5.41) is 1.90. The van der Waals surface area contributed by atoms with E-state index in [-0.39, 0.29) is 30.2 Å². The van der Waals surface area contributed by atoms with Crippen molar-refractivity contribution in [1.29, 1.82) is 0 Å². The van der Waals surface area contributed by atoms with Gasteiger partial charge in [0.1, 0.15) is 5.75 Å². The van der Waals surface area contributed by atoms with Gasteiger partial charge in [-0.1, -0.05) is 18.2 Å². The summed E-state index contributed by atoms with van der Waals surface area (Å²) < 4.78 is 6.07. The Hall–Kier alpha value is -2.87. The molecule has 2 saturated heterocycles. The van der Waals surface area contributed by atoms with Crippen LogP contribution in [0.4, 0.5) is 5.69 Å². The van der Waals surface area contributed by atoms with E-state index in [1.807, 2.05) is 51.6 Å². The van der Waals surface area contributed by atoms with Crippen LogP contribution in [0.25, 0.3) is 0 Å². The zero-order valence-corrected chi connectivity index (χ0v) is 19.5. The number of nitrogens with zero attached hydrogens (tertiary/aromatic N) is 3. The number of carbonyl (C=O) groups is 3. The van der Waals surface area contributed by atoms with Crippen LogP contribution in [-0.4, -0.2) is 66.3 Å². The molecule has 0 aliphatic carbocycles. The summed E-state index contributed by atoms with van der Waals surface area (Å²) in [6.07, 6.45) is 3.75. The molecule has 1 atom stereocenters. The first-order valence-electron chi connectivity index (χ1n) is 11.8. The molecule has 0 bridgehead atoms. The highest BCUT2D eigenvalue weighted by atomic mass is 32.1. The molecule has 1 aromatic carbocycles. The van der Waals surface area contributed by atoms with Crippen molar-refractivity contribution in [2.45, 2.75) is 38.2 Å². The van der Waals surface area contributed by atoms with Crippen molar-refractivity contribution in [3.8, 4) is 5.75 Å². The van der Waals surface area contributed by atoms with Crippen molar-refractivity contribution in [2.24, 2.45) is 5.92 Å². The number of piperidine rings is 2. The predicted molar refractivity (Wildman–Crippen MR) is 127 cm³/mol. The van der Waals surface area contributed by atoms with Gasteiger partial charge >= 0.3 is 0 Å². The van der Waals surface area contributed by atoms with Crippen LogP contribution in [0.5, 0.6) is 5.75 Å². The maximum atomic E-state index is 13.6. The van der Waals surface area contributed by atoms with Crippen LogP contribution in [0, 0.1) is 5.92 Å². The number of amides is 3. The average Bonchev–Trinajstić information content (AvgIpc) is 3.42. The number of carbonyl (C=O) groups excluding carboxylic acids is 3. The Morgan fingerprint density at radius 3 is 2.33 bits per heavy atom. The van der Waals surface area contributed by atoms with Crippen LogP contribution >= 0.6 is 11.3 Å². The predicted octanol–water partition coefficient (Wildman–Crippen LogP) is 3.41. The second-order valence-electron chi connectivity index (χ2n) is 8.95. The Morgan fingerprint density at radius 2 is 1.61 bits per heavy atom. The fourth-order valence-corrected chi connectivity index (χ4v) is 5.69. The third-order valence-corrected chi connectivity index (χ3v) is 7.70. The number of likely N-dealkylation sites (tertiary alicyclic amines) is 2. The third kappa shape index (κ3) is 4.49. The zero-order valence-electron chi connectivity index (χ0n) is 18.7. The first-order chi connectivity index (χ1) is 16.1. The van der Waals surface area contributed by atoms with Crippen LogP contribution in [-0.2, 0) is 9.59 Å². The van der Waals surface area contributed by atoms with Crippen molar-refractivity contribution in [2.75, 3.05) is 37.6 Å². The number of thiophene rings is 1. The third-order valence-electron chi connectivity index (χ3n) is 6.85. The molecular weight excluding hydrogens is 438 g/mol. The minimum atomic E-state index is -0.678. The minimum Gasteiger partial charge on any atom is -0.476 e. The number of fused-ring (bicyclic) bond motifs is 1. The molecule has 0 N–H and O–H groups in total. The Bertz CT molecular complexity index is 1010. The van der Waals surface area contributed by atoms with E-state index >= 15 is 0 Å². The topological polar surface area (TPSA) is 70.2 Å². The molecule has 1 unspecified atom stereocenters. The Kier molecular flexibility index (Phi) is 6.35. The van der Waals surface area contributed by atoms with Gasteiger partial charge in [0.15, 0.2) is 6.10 Å². The highest BCUT2D eigenvalue weighted by Crippen LogP contribution is 2.36. The molecule has 4 heterocycles. The van der Waals surface area contributed by atoms with Crippen LogP contribution < -0.4 is 9.64 Å². The van der Waals surface area contributed by atoms with Gasteiger partial charge in [0.05, 0.1) is 17.1 Å². The van der Waals surface area contributed by atoms with E-state index < -0.39 is 6.10 Å². The van der Waals surface area contributed by atoms with E-state index in [1.165, 1.54) is 11.3 Å². The molecule has 5 rings (SSSR count). The van der Waals surface area contributed by atoms with Gasteiger partial charge in [0, 0.05) is 32.1 Å². The minimum absolute atomic E-state index is 0.0189. The maximum absolute atomic E-state index is 13.6. The molecular formula is C25H29N3O4S. The molecule has 3 aliphatic heterocycles. The van der Waals surface area contributed by atoms with Gasteiger partial charge in [-0.2, -0.15) is 0 Å². The Morgan fingerprint density at radius 1 is 0.848 bits per heavy atom. The van der Waals surface area contributed by atoms with Gasteiger partial charge in [-0.3, -0.25) is 14.4 Å². The standard InChI is InChI=1S/C25H29N3O4S/c29-23(18-10-14-27(15-11-18)25(31)22-9-6-16-33-22)28-17-21(24(30)26-12-4-1-5-13-26)32-20-8-3-2-7-19(20)28/h2-3,6-9,16,18,21H,1,4-5,10-15,17H2. The highest BCUT2D eigenvalue weighted by molar-refractivity contribution is 7.12. The van der Waals surface area contributed by atoms with E-state index in [9.17, 15) is 14.4 Å². The van der Waals surface area contributed by atoms with E-state index in [0.29, 0.717) is 31.7 Å². The second kappa shape index (κ2) is 9.55. The van der Waals surface area contributed by atoms with Gasteiger partial charge in [0.25, 0.3) is 11.8 Å². The lowest BCUT2D eigenvalue weighted by atomic mass is 9.94. The Labute approximate surface area is 197 Å². The molecule has 2 aromatic rings. The lowest BCUT2D eigenvalue weighted by Gasteiger charge is -2.39. The summed E-state index contributed by atoms with van der Waals surface area (Å²) in [5.74, 6) is 0.440. The van der Waals surface area contributed by atoms with Crippen molar-refractivity contribution in [3.63, 3.8) is 0 Å². The SMILES string of the molecule is O=C(c1cccs1)N1CCC(C(=O)N2CC(C(=O)N3CCCCC3)Oc3ccccc32)CC1. The number of hydrogen-bond donors (Lipinski definition) is 0. The summed E-state index contributed by atoms with van der Waals surface area (Å²) in [4.78, 5) is 45.6. The average molecular weight is 468 g/mol. The number of ether oxygens (including phenoxy) is 1. The lowest BCUT2D eigenvalue weighted by molar-refractivity contribution is -0.139. The molecule has 3 aliphatic rings. The molecule has 7 nitrogen and oxygen atoms in total. The van der Waals surface area contributed by atoms with Crippen molar-refractivity contribution >= 4 is 34.7 Å². The smallest absolute Gasteiger partial charge is 0.265 e. The number of benzene rings is 1. The van der Waals surface area contributed by atoms with Gasteiger partial charge in [-0.25, -0.2) is 0 Å². The van der Waals surface area contributed by atoms with Crippen molar-refractivity contribution in [1.82, 2.24) is 9.80 Å². The van der Waals surface area contributed by atoms with Gasteiger partial charge in [-0.15, -0.1) is 11.3 Å². The largest absolute Gasteiger partial charge is 0.476 e. The highest BCUT2D eigenvalue weighted by Gasteiger charge is 2.39. The molecule has 2 fully saturated rings. The van der Waals surface area contributed by atoms with E-state index in [1.54, 1.807) is 4.90 Å². The first kappa shape index (κ1) is 21.9. The fraction of sp³-hybridized carbons (Fsp3) is 0.480. The van der Waals surface area contributed by atoms with Crippen LogP contribution in [0.3, 0.4) is 0 Å². The van der Waals surface area contributed by atoms with Crippen LogP contribution in [0.15, 0.2) is 41.8 Å². The van der Waals surface area contributed by atoms with Gasteiger partial charge in [-0.05, 0) is 55.7 Å². The Balaban J connectivity index is 1.28. The molecule has 0 radical (unpaired) electrons. The summed E-state index contributed by atoms with van der Waals surface area (Å²) in [5.41, 5.74) is 0.724. The molecule has 0 saturated carbocycles. The summed E-state index contributed by atoms with van der Waals surface area (Å²) in [7, 11) is 0. The zero-order chi connectivity index (χ0) is 22.8. The number of rotatable bonds is 3. The summed E-state index contributed by atoms with van der Waals surface area (Å²) >= 11 is 1.45. The summed E-state index contributed by atoms with van der Waals surface area (Å²) in [6.45, 7) is 2.88. The molecule has 0 spiro atoms. The normalized spacial score (nSPS) is 21.3. The molecule has 33 heavy (non-hydrogen) atoms. The molecule has 1 aromatic heterocycles. The first-order valence-corrected chi connectivity index (χ1v) is 12.7. The molecule has 174 valence electrons. The monoisotopic (exact) mass is 467 g/mol. The lowest BCUT2D eigenvalue weighted by Crippen LogP contribution is -2.54. The number of hydrogen-bond acceptors (Lipinski definition) is 5. The molecule has 3 amide bonds. The summed E-state index contributed by atoms with van der Waals surface area (Å²) in [6, 6.07) is 11.2. The van der Waals surface area contributed by atoms with Crippen molar-refractivity contribution < 1.29 is 19.1 Å². The maximum Gasteiger partial charge on any atom is 0.265 e. The van der Waals surface area contributed by atoms with E-state index in [2.05, 4.69) is 0 Å². The fourth-order valence-electron chi connectivity index (χ4n) is 5.00. The quantitative estimate of drug-likeness (QED) is 0.694.